The number of morpholine rings is 1. The van der Waals surface area contributed by atoms with E-state index in [0.717, 1.165) is 5.56 Å². The molecule has 0 aromatic heterocycles. The third-order valence-corrected chi connectivity index (χ3v) is 3.28. The van der Waals surface area contributed by atoms with Crippen molar-refractivity contribution in [3.8, 4) is 0 Å². The summed E-state index contributed by atoms with van der Waals surface area (Å²) >= 11 is 0. The maximum Gasteiger partial charge on any atom is 0.245 e. The fraction of sp³-hybridized carbons (Fsp3) is 0.467. The number of hydrogen-bond donors (Lipinski definition) is 1. The van der Waals surface area contributed by atoms with Gasteiger partial charge in [0.25, 0.3) is 0 Å². The number of carbonyl (C=O) groups is 2. The van der Waals surface area contributed by atoms with Gasteiger partial charge in [0, 0.05) is 13.1 Å². The van der Waals surface area contributed by atoms with Crippen LogP contribution in [0.2, 0.25) is 0 Å². The second-order valence-corrected chi connectivity index (χ2v) is 4.89. The zero-order valence-corrected chi connectivity index (χ0v) is 11.7. The fourth-order valence-electron chi connectivity index (χ4n) is 2.19. The molecule has 5 heteroatoms. The first kappa shape index (κ1) is 14.5. The lowest BCUT2D eigenvalue weighted by Crippen LogP contribution is -2.50. The van der Waals surface area contributed by atoms with Crippen molar-refractivity contribution in [3.05, 3.63) is 35.9 Å². The molecule has 20 heavy (non-hydrogen) atoms. The topological polar surface area (TPSA) is 58.6 Å². The molecule has 1 aromatic rings. The smallest absolute Gasteiger partial charge is 0.245 e. The largest absolute Gasteiger partial charge is 0.378 e. The van der Waals surface area contributed by atoms with Crippen molar-refractivity contribution < 1.29 is 14.3 Å². The molecule has 108 valence electrons. The van der Waals surface area contributed by atoms with Crippen LogP contribution in [-0.4, -0.2) is 49.1 Å². The Morgan fingerprint density at radius 2 is 1.90 bits per heavy atom. The average Bonchev–Trinajstić information content (AvgIpc) is 2.48. The molecule has 1 N–H and O–H groups in total. The lowest BCUT2D eigenvalue weighted by molar-refractivity contribution is -0.139. The Labute approximate surface area is 118 Å². The van der Waals surface area contributed by atoms with Crippen LogP contribution in [0.5, 0.6) is 0 Å². The average molecular weight is 276 g/mol. The van der Waals surface area contributed by atoms with Gasteiger partial charge < -0.3 is 15.0 Å². The lowest BCUT2D eigenvalue weighted by atomic mass is 10.1. The minimum atomic E-state index is -0.496. The summed E-state index contributed by atoms with van der Waals surface area (Å²) in [5.74, 6) is -0.181. The highest BCUT2D eigenvalue weighted by Gasteiger charge is 2.23. The Morgan fingerprint density at radius 1 is 1.25 bits per heavy atom. The first-order valence-electron chi connectivity index (χ1n) is 6.86. The summed E-state index contributed by atoms with van der Waals surface area (Å²) in [5, 5.41) is 2.75. The molecule has 1 fully saturated rings. The van der Waals surface area contributed by atoms with Crippen LogP contribution < -0.4 is 5.32 Å². The number of ether oxygens (including phenoxy) is 1. The van der Waals surface area contributed by atoms with E-state index in [1.54, 1.807) is 11.8 Å². The molecule has 1 aliphatic heterocycles. The molecule has 0 bridgehead atoms. The predicted molar refractivity (Wildman–Crippen MR) is 75.1 cm³/mol. The van der Waals surface area contributed by atoms with Gasteiger partial charge in [-0.05, 0) is 12.5 Å². The van der Waals surface area contributed by atoms with Crippen LogP contribution in [0, 0.1) is 0 Å². The molecule has 2 rings (SSSR count). The standard InChI is InChI=1S/C15H20N2O3/c1-12(15(19)17-7-9-20-10-8-17)16-14(18)11-13-5-3-2-4-6-13/h2-6,12H,7-11H2,1H3,(H,16,18)/t12-/m0/s1. The summed E-state index contributed by atoms with van der Waals surface area (Å²) < 4.78 is 5.21. The number of carbonyl (C=O) groups excluding carboxylic acids is 2. The first-order valence-corrected chi connectivity index (χ1v) is 6.86. The molecular weight excluding hydrogens is 256 g/mol. The quantitative estimate of drug-likeness (QED) is 0.876. The number of rotatable bonds is 4. The molecule has 0 spiro atoms. The molecule has 1 heterocycles. The fourth-order valence-corrected chi connectivity index (χ4v) is 2.19. The number of nitrogens with zero attached hydrogens (tertiary/aromatic N) is 1. The van der Waals surface area contributed by atoms with Crippen molar-refractivity contribution >= 4 is 11.8 Å². The second kappa shape index (κ2) is 7.05. The Balaban J connectivity index is 1.82. The Morgan fingerprint density at radius 3 is 2.55 bits per heavy atom. The SMILES string of the molecule is C[C@H](NC(=O)Cc1ccccc1)C(=O)N1CCOCC1. The van der Waals surface area contributed by atoms with Gasteiger partial charge in [0.05, 0.1) is 19.6 Å². The zero-order valence-electron chi connectivity index (χ0n) is 11.7. The molecule has 0 aliphatic carbocycles. The number of nitrogens with one attached hydrogen (secondary N) is 1. The van der Waals surface area contributed by atoms with Crippen molar-refractivity contribution in [2.75, 3.05) is 26.3 Å². The van der Waals surface area contributed by atoms with Crippen molar-refractivity contribution in [2.24, 2.45) is 0 Å². The van der Waals surface area contributed by atoms with Gasteiger partial charge in [-0.2, -0.15) is 0 Å². The van der Waals surface area contributed by atoms with Crippen LogP contribution in [0.1, 0.15) is 12.5 Å². The second-order valence-electron chi connectivity index (χ2n) is 4.89. The maximum absolute atomic E-state index is 12.1. The van der Waals surface area contributed by atoms with E-state index in [9.17, 15) is 9.59 Å². The van der Waals surface area contributed by atoms with Gasteiger partial charge in [0.1, 0.15) is 6.04 Å². The number of benzene rings is 1. The summed E-state index contributed by atoms with van der Waals surface area (Å²) in [4.78, 5) is 25.8. The number of hydrogen-bond acceptors (Lipinski definition) is 3. The Hall–Kier alpha value is -1.88. The van der Waals surface area contributed by atoms with E-state index in [-0.39, 0.29) is 11.8 Å². The summed E-state index contributed by atoms with van der Waals surface area (Å²) in [7, 11) is 0. The monoisotopic (exact) mass is 276 g/mol. The van der Waals surface area contributed by atoms with E-state index < -0.39 is 6.04 Å². The van der Waals surface area contributed by atoms with E-state index in [1.165, 1.54) is 0 Å². The van der Waals surface area contributed by atoms with Gasteiger partial charge in [-0.1, -0.05) is 30.3 Å². The van der Waals surface area contributed by atoms with Crippen LogP contribution in [-0.2, 0) is 20.7 Å². The minimum absolute atomic E-state index is 0.0466. The molecule has 5 nitrogen and oxygen atoms in total. The van der Waals surface area contributed by atoms with E-state index in [4.69, 9.17) is 4.74 Å². The summed E-state index contributed by atoms with van der Waals surface area (Å²) in [6.07, 6.45) is 0.293. The molecule has 1 aliphatic rings. The summed E-state index contributed by atoms with van der Waals surface area (Å²) in [6.45, 7) is 4.04. The van der Waals surface area contributed by atoms with E-state index in [1.807, 2.05) is 30.3 Å². The number of amides is 2. The molecule has 2 amide bonds. The van der Waals surface area contributed by atoms with E-state index >= 15 is 0 Å². The van der Waals surface area contributed by atoms with E-state index in [2.05, 4.69) is 5.32 Å². The summed E-state index contributed by atoms with van der Waals surface area (Å²) in [6, 6.07) is 8.99. The van der Waals surface area contributed by atoms with Gasteiger partial charge in [0.15, 0.2) is 0 Å². The van der Waals surface area contributed by atoms with E-state index in [0.29, 0.717) is 32.7 Å². The highest BCUT2D eigenvalue weighted by molar-refractivity contribution is 5.88. The van der Waals surface area contributed by atoms with Gasteiger partial charge in [-0.25, -0.2) is 0 Å². The Bertz CT molecular complexity index is 455. The van der Waals surface area contributed by atoms with Crippen molar-refractivity contribution in [1.29, 1.82) is 0 Å². The highest BCUT2D eigenvalue weighted by Crippen LogP contribution is 2.02. The molecule has 0 saturated carbocycles. The Kier molecular flexibility index (Phi) is 5.12. The molecule has 1 aromatic carbocycles. The van der Waals surface area contributed by atoms with Crippen LogP contribution in [0.3, 0.4) is 0 Å². The van der Waals surface area contributed by atoms with Crippen LogP contribution >= 0.6 is 0 Å². The first-order chi connectivity index (χ1) is 9.66. The lowest BCUT2D eigenvalue weighted by Gasteiger charge is -2.29. The van der Waals surface area contributed by atoms with Gasteiger partial charge in [-0.3, -0.25) is 9.59 Å². The molecular formula is C15H20N2O3. The molecule has 0 radical (unpaired) electrons. The van der Waals surface area contributed by atoms with Crippen LogP contribution in [0.15, 0.2) is 30.3 Å². The van der Waals surface area contributed by atoms with Crippen molar-refractivity contribution in [2.45, 2.75) is 19.4 Å². The highest BCUT2D eigenvalue weighted by atomic mass is 16.5. The zero-order chi connectivity index (χ0) is 14.4. The molecule has 1 saturated heterocycles. The third kappa shape index (κ3) is 4.06. The van der Waals surface area contributed by atoms with Crippen molar-refractivity contribution in [3.63, 3.8) is 0 Å². The van der Waals surface area contributed by atoms with Crippen molar-refractivity contribution in [1.82, 2.24) is 10.2 Å². The maximum atomic E-state index is 12.1. The van der Waals surface area contributed by atoms with Gasteiger partial charge in [-0.15, -0.1) is 0 Å². The predicted octanol–water partition coefficient (Wildman–Crippen LogP) is 0.593. The van der Waals surface area contributed by atoms with Crippen LogP contribution in [0.4, 0.5) is 0 Å². The van der Waals surface area contributed by atoms with Gasteiger partial charge in [0.2, 0.25) is 11.8 Å². The molecule has 1 atom stereocenters. The summed E-state index contributed by atoms with van der Waals surface area (Å²) in [5.41, 5.74) is 0.941. The minimum Gasteiger partial charge on any atom is -0.378 e. The normalized spacial score (nSPS) is 16.6. The molecule has 0 unspecified atom stereocenters. The van der Waals surface area contributed by atoms with Gasteiger partial charge >= 0.3 is 0 Å². The van der Waals surface area contributed by atoms with Crippen LogP contribution in [0.25, 0.3) is 0 Å². The third-order valence-electron chi connectivity index (χ3n) is 3.28.